The summed E-state index contributed by atoms with van der Waals surface area (Å²) in [5.74, 6) is -4.37. The number of hydrogen-bond acceptors (Lipinski definition) is 5. The highest BCUT2D eigenvalue weighted by molar-refractivity contribution is 6.06. The second-order valence-electron chi connectivity index (χ2n) is 8.39. The number of nitrogens with one attached hydrogen (secondary N) is 1. The third kappa shape index (κ3) is 3.91. The Bertz CT molecular complexity index is 1290. The lowest BCUT2D eigenvalue weighted by Gasteiger charge is -2.19. The summed E-state index contributed by atoms with van der Waals surface area (Å²) in [6, 6.07) is 8.22. The summed E-state index contributed by atoms with van der Waals surface area (Å²) in [6.45, 7) is -1.31. The third-order valence-electron chi connectivity index (χ3n) is 6.03. The van der Waals surface area contributed by atoms with Crippen LogP contribution < -0.4 is 5.32 Å². The van der Waals surface area contributed by atoms with Crippen molar-refractivity contribution in [3.63, 3.8) is 0 Å². The van der Waals surface area contributed by atoms with Gasteiger partial charge in [-0.1, -0.05) is 12.1 Å². The molecule has 1 saturated heterocycles. The van der Waals surface area contributed by atoms with Crippen LogP contribution in [0.3, 0.4) is 0 Å². The summed E-state index contributed by atoms with van der Waals surface area (Å²) in [6.07, 6.45) is 6.30. The van der Waals surface area contributed by atoms with Gasteiger partial charge in [0.05, 0.1) is 42.5 Å². The average molecular weight is 450 g/mol. The first kappa shape index (κ1) is 21.0. The minimum absolute atomic E-state index is 0.299. The minimum atomic E-state index is -3.11. The fraction of sp³-hybridized carbons (Fsp3) is 0.348. The van der Waals surface area contributed by atoms with Crippen LogP contribution in [0.4, 0.5) is 8.78 Å². The molecule has 168 valence electrons. The van der Waals surface area contributed by atoms with Crippen molar-refractivity contribution in [3.05, 3.63) is 48.4 Å². The van der Waals surface area contributed by atoms with Crippen molar-refractivity contribution >= 4 is 22.7 Å². The molecule has 2 amide bonds. The van der Waals surface area contributed by atoms with Crippen LogP contribution in [0.25, 0.3) is 22.0 Å². The van der Waals surface area contributed by atoms with Crippen LogP contribution in [0.1, 0.15) is 35.7 Å². The summed E-state index contributed by atoms with van der Waals surface area (Å²) < 4.78 is 29.3. The Balaban J connectivity index is 1.38. The molecule has 1 aliphatic heterocycles. The lowest BCUT2D eigenvalue weighted by atomic mass is 9.98. The lowest BCUT2D eigenvalue weighted by Crippen LogP contribution is -2.43. The van der Waals surface area contributed by atoms with E-state index >= 15 is 0 Å². The van der Waals surface area contributed by atoms with Gasteiger partial charge < -0.3 is 10.2 Å². The lowest BCUT2D eigenvalue weighted by molar-refractivity contribution is -0.131. The van der Waals surface area contributed by atoms with E-state index in [9.17, 15) is 18.4 Å². The number of pyridine rings is 1. The summed E-state index contributed by atoms with van der Waals surface area (Å²) >= 11 is 0. The number of benzene rings is 1. The number of hydrogen-bond donors (Lipinski definition) is 1. The molecule has 3 aromatic rings. The molecule has 1 saturated carbocycles. The van der Waals surface area contributed by atoms with Crippen molar-refractivity contribution in [2.24, 2.45) is 0 Å². The summed E-state index contributed by atoms with van der Waals surface area (Å²) in [5, 5.41) is 17.0. The van der Waals surface area contributed by atoms with Gasteiger partial charge in [0.15, 0.2) is 0 Å². The van der Waals surface area contributed by atoms with Gasteiger partial charge in [-0.15, -0.1) is 0 Å². The minimum Gasteiger partial charge on any atom is -0.343 e. The number of nitriles is 1. The number of halogens is 2. The van der Waals surface area contributed by atoms with Crippen LogP contribution in [0.15, 0.2) is 42.9 Å². The fourth-order valence-corrected chi connectivity index (χ4v) is 4.27. The Morgan fingerprint density at radius 2 is 2.03 bits per heavy atom. The quantitative estimate of drug-likeness (QED) is 0.644. The van der Waals surface area contributed by atoms with Crippen LogP contribution in [0.5, 0.6) is 0 Å². The Morgan fingerprint density at radius 3 is 2.79 bits per heavy atom. The highest BCUT2D eigenvalue weighted by Gasteiger charge is 2.47. The molecular formula is C23H20F2N6O2. The highest BCUT2D eigenvalue weighted by atomic mass is 19.3. The molecule has 8 nitrogen and oxygen atoms in total. The van der Waals surface area contributed by atoms with E-state index in [-0.39, 0.29) is 0 Å². The third-order valence-corrected chi connectivity index (χ3v) is 6.03. The van der Waals surface area contributed by atoms with E-state index in [0.29, 0.717) is 17.2 Å². The number of rotatable bonds is 5. The van der Waals surface area contributed by atoms with E-state index in [1.54, 1.807) is 24.5 Å². The van der Waals surface area contributed by atoms with Gasteiger partial charge in [-0.2, -0.15) is 10.4 Å². The maximum absolute atomic E-state index is 13.6. The molecule has 1 atom stereocenters. The van der Waals surface area contributed by atoms with Crippen molar-refractivity contribution in [1.29, 1.82) is 5.26 Å². The van der Waals surface area contributed by atoms with Gasteiger partial charge >= 0.3 is 0 Å². The van der Waals surface area contributed by atoms with Crippen LogP contribution in [0, 0.1) is 11.3 Å². The monoisotopic (exact) mass is 450 g/mol. The smallest absolute Gasteiger partial charge is 0.268 e. The predicted molar refractivity (Wildman–Crippen MR) is 114 cm³/mol. The molecule has 1 unspecified atom stereocenters. The zero-order valence-corrected chi connectivity index (χ0v) is 17.5. The molecule has 2 fully saturated rings. The molecule has 1 aromatic carbocycles. The second-order valence-corrected chi connectivity index (χ2v) is 8.39. The molecule has 2 aliphatic rings. The van der Waals surface area contributed by atoms with Gasteiger partial charge in [-0.3, -0.25) is 19.3 Å². The summed E-state index contributed by atoms with van der Waals surface area (Å²) in [7, 11) is 0. The molecule has 3 heterocycles. The Morgan fingerprint density at radius 1 is 1.21 bits per heavy atom. The van der Waals surface area contributed by atoms with Crippen molar-refractivity contribution in [2.45, 2.75) is 37.3 Å². The highest BCUT2D eigenvalue weighted by Crippen LogP contribution is 2.39. The second kappa shape index (κ2) is 7.92. The maximum Gasteiger partial charge on any atom is 0.268 e. The molecule has 5 rings (SSSR count). The Labute approximate surface area is 187 Å². The van der Waals surface area contributed by atoms with Crippen LogP contribution in [-0.4, -0.2) is 56.5 Å². The number of alkyl halides is 2. The van der Waals surface area contributed by atoms with Crippen LogP contribution in [0.2, 0.25) is 0 Å². The topological polar surface area (TPSA) is 104 Å². The van der Waals surface area contributed by atoms with E-state index in [4.69, 9.17) is 5.26 Å². The number of carbonyl (C=O) groups is 2. The van der Waals surface area contributed by atoms with E-state index in [1.165, 1.54) is 6.20 Å². The zero-order valence-electron chi connectivity index (χ0n) is 17.5. The van der Waals surface area contributed by atoms with Crippen molar-refractivity contribution in [2.75, 3.05) is 13.1 Å². The average Bonchev–Trinajstić information content (AvgIpc) is 3.48. The fourth-order valence-electron chi connectivity index (χ4n) is 4.27. The molecule has 1 aliphatic carbocycles. The van der Waals surface area contributed by atoms with Gasteiger partial charge in [0.1, 0.15) is 6.04 Å². The predicted octanol–water partition coefficient (Wildman–Crippen LogP) is 2.92. The first-order valence-corrected chi connectivity index (χ1v) is 10.6. The SMILES string of the molecule is N#CC1CC(F)(F)CN1C(=O)CNC(=O)c1ccncc1-c1cccc2c1cnn2C1CC1. The molecule has 0 radical (unpaired) electrons. The zero-order chi connectivity index (χ0) is 23.2. The van der Waals surface area contributed by atoms with Crippen LogP contribution >= 0.6 is 0 Å². The number of aromatic nitrogens is 3. The van der Waals surface area contributed by atoms with Gasteiger partial charge in [-0.05, 0) is 30.5 Å². The first-order valence-electron chi connectivity index (χ1n) is 10.6. The molecule has 10 heteroatoms. The van der Waals surface area contributed by atoms with Gasteiger partial charge in [0.2, 0.25) is 5.91 Å². The van der Waals surface area contributed by atoms with Crippen molar-refractivity contribution in [3.8, 4) is 17.2 Å². The number of fused-ring (bicyclic) bond motifs is 1. The largest absolute Gasteiger partial charge is 0.343 e. The van der Waals surface area contributed by atoms with Gasteiger partial charge in [0.25, 0.3) is 11.8 Å². The molecule has 0 spiro atoms. The van der Waals surface area contributed by atoms with Crippen molar-refractivity contribution < 1.29 is 18.4 Å². The molecule has 0 bridgehead atoms. The maximum atomic E-state index is 13.6. The summed E-state index contributed by atoms with van der Waals surface area (Å²) in [5.41, 5.74) is 2.63. The first-order chi connectivity index (χ1) is 15.9. The standard InChI is InChI=1S/C23H20F2N6O2/c24-23(25)8-15(9-26)30(13-23)21(32)12-28-22(33)17-6-7-27-10-18(17)16-2-1-3-20-19(16)11-29-31(20)14-4-5-14/h1-3,6-7,10-11,14-15H,4-5,8,12-13H2,(H,28,33). The number of nitrogens with zero attached hydrogens (tertiary/aromatic N) is 5. The number of carbonyl (C=O) groups excluding carboxylic acids is 2. The van der Waals surface area contributed by atoms with Crippen LogP contribution in [-0.2, 0) is 4.79 Å². The normalized spacial score (nSPS) is 19.4. The van der Waals surface area contributed by atoms with E-state index in [1.807, 2.05) is 22.9 Å². The molecule has 2 aromatic heterocycles. The summed E-state index contributed by atoms with van der Waals surface area (Å²) in [4.78, 5) is 30.4. The molecular weight excluding hydrogens is 430 g/mol. The molecule has 33 heavy (non-hydrogen) atoms. The van der Waals surface area contributed by atoms with E-state index < -0.39 is 43.3 Å². The number of likely N-dealkylation sites (tertiary alicyclic amines) is 1. The van der Waals surface area contributed by atoms with E-state index in [0.717, 1.165) is 34.2 Å². The number of amides is 2. The molecule has 1 N–H and O–H groups in total. The van der Waals surface area contributed by atoms with Crippen molar-refractivity contribution in [1.82, 2.24) is 25.0 Å². The van der Waals surface area contributed by atoms with E-state index in [2.05, 4.69) is 15.4 Å². The Kier molecular flexibility index (Phi) is 5.04. The van der Waals surface area contributed by atoms with Gasteiger partial charge in [0, 0.05) is 29.8 Å². The van der Waals surface area contributed by atoms with Gasteiger partial charge in [-0.25, -0.2) is 8.78 Å². The Hall–Kier alpha value is -3.87.